The number of benzene rings is 1. The van der Waals surface area contributed by atoms with Crippen LogP contribution in [0.25, 0.3) is 0 Å². The van der Waals surface area contributed by atoms with Gasteiger partial charge in [-0.1, -0.05) is 15.9 Å². The summed E-state index contributed by atoms with van der Waals surface area (Å²) < 4.78 is 14.0. The van der Waals surface area contributed by atoms with E-state index in [4.69, 9.17) is 0 Å². The molecule has 0 aliphatic rings. The van der Waals surface area contributed by atoms with Gasteiger partial charge >= 0.3 is 0 Å². The standard InChI is InChI=1S/C13H14BrFN4O/c1-7-9(4-8(15)5-10(7)14)12(20)17-13(2,3)11-6-16-19-18-11/h4-6H,1-3H3,(H,17,20)(H,16,18,19). The fourth-order valence-electron chi connectivity index (χ4n) is 1.80. The Morgan fingerprint density at radius 3 is 2.75 bits per heavy atom. The number of H-pyrrole nitrogens is 1. The van der Waals surface area contributed by atoms with Gasteiger partial charge in [0.15, 0.2) is 0 Å². The van der Waals surface area contributed by atoms with Crippen molar-refractivity contribution < 1.29 is 9.18 Å². The zero-order valence-corrected chi connectivity index (χ0v) is 12.9. The van der Waals surface area contributed by atoms with Gasteiger partial charge in [0, 0.05) is 10.0 Å². The molecule has 0 aliphatic carbocycles. The first-order valence-corrected chi connectivity index (χ1v) is 6.75. The van der Waals surface area contributed by atoms with Crippen LogP contribution in [0.3, 0.4) is 0 Å². The highest BCUT2D eigenvalue weighted by Crippen LogP contribution is 2.23. The number of hydrogen-bond donors (Lipinski definition) is 2. The molecule has 2 rings (SSSR count). The molecule has 20 heavy (non-hydrogen) atoms. The molecule has 0 saturated carbocycles. The highest BCUT2D eigenvalue weighted by Gasteiger charge is 2.27. The second-order valence-corrected chi connectivity index (χ2v) is 5.85. The molecule has 5 nitrogen and oxygen atoms in total. The van der Waals surface area contributed by atoms with Gasteiger partial charge in [-0.2, -0.15) is 15.4 Å². The number of halogens is 2. The summed E-state index contributed by atoms with van der Waals surface area (Å²) in [7, 11) is 0. The summed E-state index contributed by atoms with van der Waals surface area (Å²) in [6.45, 7) is 5.35. The highest BCUT2D eigenvalue weighted by atomic mass is 79.9. The van der Waals surface area contributed by atoms with Gasteiger partial charge in [-0.15, -0.1) is 0 Å². The van der Waals surface area contributed by atoms with E-state index in [0.717, 1.165) is 0 Å². The van der Waals surface area contributed by atoms with E-state index in [1.165, 1.54) is 18.3 Å². The van der Waals surface area contributed by atoms with Crippen LogP contribution in [0.4, 0.5) is 4.39 Å². The summed E-state index contributed by atoms with van der Waals surface area (Å²) in [5, 5.41) is 13.0. The Balaban J connectivity index is 2.29. The molecule has 7 heteroatoms. The molecule has 1 aromatic carbocycles. The van der Waals surface area contributed by atoms with Crippen molar-refractivity contribution >= 4 is 21.8 Å². The average Bonchev–Trinajstić information content (AvgIpc) is 2.87. The first kappa shape index (κ1) is 14.6. The van der Waals surface area contributed by atoms with Gasteiger partial charge in [-0.05, 0) is 38.5 Å². The Hall–Kier alpha value is -1.76. The molecule has 0 saturated heterocycles. The van der Waals surface area contributed by atoms with Crippen molar-refractivity contribution in [1.29, 1.82) is 0 Å². The van der Waals surface area contributed by atoms with E-state index < -0.39 is 11.4 Å². The summed E-state index contributed by atoms with van der Waals surface area (Å²) in [6, 6.07) is 2.54. The van der Waals surface area contributed by atoms with E-state index in [2.05, 4.69) is 36.7 Å². The molecule has 0 radical (unpaired) electrons. The molecule has 0 spiro atoms. The van der Waals surface area contributed by atoms with Crippen LogP contribution in [-0.4, -0.2) is 21.3 Å². The average molecular weight is 341 g/mol. The molecule has 0 atom stereocenters. The number of amides is 1. The summed E-state index contributed by atoms with van der Waals surface area (Å²) >= 11 is 3.24. The van der Waals surface area contributed by atoms with E-state index in [9.17, 15) is 9.18 Å². The third-order valence-corrected chi connectivity index (χ3v) is 3.86. The second kappa shape index (κ2) is 5.32. The minimum Gasteiger partial charge on any atom is -0.341 e. The van der Waals surface area contributed by atoms with Gasteiger partial charge in [0.05, 0.1) is 11.7 Å². The van der Waals surface area contributed by atoms with Gasteiger partial charge in [-0.25, -0.2) is 4.39 Å². The summed E-state index contributed by atoms with van der Waals surface area (Å²) in [4.78, 5) is 12.3. The maximum atomic E-state index is 13.4. The second-order valence-electron chi connectivity index (χ2n) is 4.99. The third kappa shape index (κ3) is 2.87. The lowest BCUT2D eigenvalue weighted by Crippen LogP contribution is -2.41. The fourth-order valence-corrected chi connectivity index (χ4v) is 2.23. The molecule has 1 heterocycles. The van der Waals surface area contributed by atoms with Crippen molar-refractivity contribution in [3.05, 3.63) is 45.4 Å². The molecule has 106 valence electrons. The van der Waals surface area contributed by atoms with Crippen molar-refractivity contribution in [2.75, 3.05) is 0 Å². The van der Waals surface area contributed by atoms with Crippen LogP contribution >= 0.6 is 15.9 Å². The molecule has 0 bridgehead atoms. The number of nitrogens with zero attached hydrogens (tertiary/aromatic N) is 2. The Morgan fingerprint density at radius 2 is 2.15 bits per heavy atom. The SMILES string of the molecule is Cc1c(Br)cc(F)cc1C(=O)NC(C)(C)c1cn[nH]n1. The Kier molecular flexibility index (Phi) is 3.89. The molecular weight excluding hydrogens is 327 g/mol. The van der Waals surface area contributed by atoms with E-state index in [1.54, 1.807) is 20.8 Å². The first-order chi connectivity index (χ1) is 9.31. The summed E-state index contributed by atoms with van der Waals surface area (Å²) in [5.41, 5.74) is 0.849. The number of carbonyl (C=O) groups excluding carboxylic acids is 1. The molecule has 0 fully saturated rings. The van der Waals surface area contributed by atoms with Crippen LogP contribution in [0, 0.1) is 12.7 Å². The summed E-state index contributed by atoms with van der Waals surface area (Å²) in [6.07, 6.45) is 1.54. The molecule has 0 aliphatic heterocycles. The smallest absolute Gasteiger partial charge is 0.252 e. The number of aromatic amines is 1. The minimum atomic E-state index is -0.713. The lowest BCUT2D eigenvalue weighted by Gasteiger charge is -2.24. The van der Waals surface area contributed by atoms with Crippen molar-refractivity contribution in [3.8, 4) is 0 Å². The lowest BCUT2D eigenvalue weighted by atomic mass is 10.00. The van der Waals surface area contributed by atoms with E-state index >= 15 is 0 Å². The van der Waals surface area contributed by atoms with E-state index in [1.807, 2.05) is 0 Å². The van der Waals surface area contributed by atoms with Gasteiger partial charge in [0.25, 0.3) is 5.91 Å². The third-order valence-electron chi connectivity index (χ3n) is 3.04. The predicted molar refractivity (Wildman–Crippen MR) is 75.7 cm³/mol. The minimum absolute atomic E-state index is 0.286. The number of nitrogens with one attached hydrogen (secondary N) is 2. The number of rotatable bonds is 3. The largest absolute Gasteiger partial charge is 0.341 e. The monoisotopic (exact) mass is 340 g/mol. The maximum Gasteiger partial charge on any atom is 0.252 e. The molecule has 2 N–H and O–H groups in total. The lowest BCUT2D eigenvalue weighted by molar-refractivity contribution is 0.0909. The number of hydrogen-bond acceptors (Lipinski definition) is 3. The van der Waals surface area contributed by atoms with Crippen molar-refractivity contribution in [3.63, 3.8) is 0 Å². The first-order valence-electron chi connectivity index (χ1n) is 5.95. The zero-order valence-electron chi connectivity index (χ0n) is 11.3. The zero-order chi connectivity index (χ0) is 14.9. The Labute approximate surface area is 124 Å². The fraction of sp³-hybridized carbons (Fsp3) is 0.308. The van der Waals surface area contributed by atoms with Crippen molar-refractivity contribution in [2.45, 2.75) is 26.3 Å². The molecule has 2 aromatic rings. The Bertz CT molecular complexity index is 640. The van der Waals surface area contributed by atoms with Crippen LogP contribution in [-0.2, 0) is 5.54 Å². The molecular formula is C13H14BrFN4O. The quantitative estimate of drug-likeness (QED) is 0.902. The van der Waals surface area contributed by atoms with Gasteiger partial charge < -0.3 is 5.32 Å². The van der Waals surface area contributed by atoms with Crippen molar-refractivity contribution in [1.82, 2.24) is 20.7 Å². The van der Waals surface area contributed by atoms with Crippen LogP contribution in [0.1, 0.15) is 35.5 Å². The number of aromatic nitrogens is 3. The maximum absolute atomic E-state index is 13.4. The van der Waals surface area contributed by atoms with E-state index in [0.29, 0.717) is 15.7 Å². The summed E-state index contributed by atoms with van der Waals surface area (Å²) in [5.74, 6) is -0.831. The number of carbonyl (C=O) groups is 1. The van der Waals surface area contributed by atoms with E-state index in [-0.39, 0.29) is 11.5 Å². The highest BCUT2D eigenvalue weighted by molar-refractivity contribution is 9.10. The van der Waals surface area contributed by atoms with Crippen LogP contribution in [0.5, 0.6) is 0 Å². The van der Waals surface area contributed by atoms with Crippen LogP contribution < -0.4 is 5.32 Å². The van der Waals surface area contributed by atoms with Gasteiger partial charge in [0.2, 0.25) is 0 Å². The van der Waals surface area contributed by atoms with Crippen molar-refractivity contribution in [2.24, 2.45) is 0 Å². The van der Waals surface area contributed by atoms with Gasteiger partial charge in [-0.3, -0.25) is 4.79 Å². The molecule has 1 amide bonds. The molecule has 0 unspecified atom stereocenters. The van der Waals surface area contributed by atoms with Gasteiger partial charge in [0.1, 0.15) is 11.5 Å². The normalized spacial score (nSPS) is 11.4. The van der Waals surface area contributed by atoms with Crippen LogP contribution in [0.2, 0.25) is 0 Å². The predicted octanol–water partition coefficient (Wildman–Crippen LogP) is 2.68. The molecule has 1 aromatic heterocycles. The van der Waals surface area contributed by atoms with Crippen LogP contribution in [0.15, 0.2) is 22.8 Å². The topological polar surface area (TPSA) is 70.7 Å². The Morgan fingerprint density at radius 1 is 1.45 bits per heavy atom.